The van der Waals surface area contributed by atoms with Crippen LogP contribution in [-0.4, -0.2) is 45.1 Å². The van der Waals surface area contributed by atoms with Crippen LogP contribution >= 0.6 is 23.1 Å². The van der Waals surface area contributed by atoms with E-state index in [1.807, 2.05) is 25.0 Å². The van der Waals surface area contributed by atoms with E-state index >= 15 is 0 Å². The molecule has 118 valence electrons. The van der Waals surface area contributed by atoms with Gasteiger partial charge in [-0.2, -0.15) is 0 Å². The van der Waals surface area contributed by atoms with Gasteiger partial charge in [0.2, 0.25) is 0 Å². The molecular formula is C13H20N2O3S3. The number of sulfone groups is 1. The van der Waals surface area contributed by atoms with Crippen molar-refractivity contribution in [1.82, 2.24) is 0 Å². The third-order valence-corrected chi connectivity index (χ3v) is 7.31. The molecule has 0 aromatic carbocycles. The molecule has 1 aromatic heterocycles. The summed E-state index contributed by atoms with van der Waals surface area (Å²) >= 11 is 2.90. The quantitative estimate of drug-likeness (QED) is 0.663. The van der Waals surface area contributed by atoms with Crippen molar-refractivity contribution >= 4 is 49.4 Å². The van der Waals surface area contributed by atoms with E-state index in [1.54, 1.807) is 0 Å². The molecular weight excluding hydrogens is 328 g/mol. The van der Waals surface area contributed by atoms with E-state index in [-0.39, 0.29) is 23.2 Å². The van der Waals surface area contributed by atoms with Crippen LogP contribution in [0, 0.1) is 5.92 Å². The van der Waals surface area contributed by atoms with Gasteiger partial charge in [0.15, 0.2) is 15.6 Å². The summed E-state index contributed by atoms with van der Waals surface area (Å²) in [5.74, 6) is 0.261. The Bertz CT molecular complexity index is 636. The Balaban J connectivity index is 2.36. The zero-order chi connectivity index (χ0) is 15.8. The van der Waals surface area contributed by atoms with Crippen LogP contribution in [0.4, 0.5) is 10.7 Å². The fourth-order valence-corrected chi connectivity index (χ4v) is 5.70. The second-order valence-corrected chi connectivity index (χ2v) is 9.46. The molecule has 1 fully saturated rings. The van der Waals surface area contributed by atoms with Gasteiger partial charge in [-0.25, -0.2) is 8.42 Å². The second-order valence-electron chi connectivity index (χ2n) is 5.34. The monoisotopic (exact) mass is 348 g/mol. The second kappa shape index (κ2) is 6.18. The number of ketones is 1. The van der Waals surface area contributed by atoms with Crippen LogP contribution in [0.5, 0.6) is 0 Å². The van der Waals surface area contributed by atoms with E-state index in [0.717, 1.165) is 9.90 Å². The molecule has 0 spiro atoms. The predicted molar refractivity (Wildman–Crippen MR) is 90.5 cm³/mol. The molecule has 5 nitrogen and oxygen atoms in total. The summed E-state index contributed by atoms with van der Waals surface area (Å²) in [6.45, 7) is 4.64. The lowest BCUT2D eigenvalue weighted by atomic mass is 10.1. The van der Waals surface area contributed by atoms with Gasteiger partial charge in [-0.05, 0) is 6.26 Å². The highest BCUT2D eigenvalue weighted by atomic mass is 32.2. The van der Waals surface area contributed by atoms with Crippen molar-refractivity contribution < 1.29 is 13.2 Å². The number of nitrogens with zero attached hydrogens (tertiary/aromatic N) is 1. The number of nitrogens with two attached hydrogens (primary N) is 1. The summed E-state index contributed by atoms with van der Waals surface area (Å²) in [4.78, 5) is 15.8. The maximum atomic E-state index is 12.2. The van der Waals surface area contributed by atoms with Gasteiger partial charge in [0.1, 0.15) is 5.00 Å². The Morgan fingerprint density at radius 1 is 1.33 bits per heavy atom. The largest absolute Gasteiger partial charge is 0.396 e. The molecule has 0 unspecified atom stereocenters. The molecule has 0 radical (unpaired) electrons. The van der Waals surface area contributed by atoms with Crippen molar-refractivity contribution in [2.45, 2.75) is 18.7 Å². The van der Waals surface area contributed by atoms with Gasteiger partial charge in [0.05, 0.1) is 27.0 Å². The van der Waals surface area contributed by atoms with E-state index < -0.39 is 9.84 Å². The zero-order valence-electron chi connectivity index (χ0n) is 12.4. The van der Waals surface area contributed by atoms with Crippen molar-refractivity contribution in [2.75, 3.05) is 41.5 Å². The molecule has 1 aliphatic rings. The van der Waals surface area contributed by atoms with Crippen molar-refractivity contribution in [3.05, 3.63) is 4.88 Å². The summed E-state index contributed by atoms with van der Waals surface area (Å²) in [7, 11) is -2.92. The van der Waals surface area contributed by atoms with Gasteiger partial charge in [-0.3, -0.25) is 4.79 Å². The van der Waals surface area contributed by atoms with Crippen LogP contribution in [0.1, 0.15) is 23.5 Å². The highest BCUT2D eigenvalue weighted by Gasteiger charge is 2.28. The minimum Gasteiger partial charge on any atom is -0.396 e. The third kappa shape index (κ3) is 3.37. The van der Waals surface area contributed by atoms with Crippen LogP contribution in [0.25, 0.3) is 0 Å². The predicted octanol–water partition coefficient (Wildman–Crippen LogP) is 2.13. The Morgan fingerprint density at radius 2 is 1.90 bits per heavy atom. The van der Waals surface area contributed by atoms with Crippen molar-refractivity contribution in [3.63, 3.8) is 0 Å². The first-order valence-electron chi connectivity index (χ1n) is 6.72. The molecule has 21 heavy (non-hydrogen) atoms. The van der Waals surface area contributed by atoms with Crippen molar-refractivity contribution in [1.29, 1.82) is 0 Å². The number of nitrogen functional groups attached to an aromatic ring is 1. The molecule has 0 saturated carbocycles. The number of carbonyl (C=O) groups is 1. The van der Waals surface area contributed by atoms with Crippen LogP contribution in [0.2, 0.25) is 0 Å². The van der Waals surface area contributed by atoms with Crippen molar-refractivity contribution in [3.8, 4) is 0 Å². The van der Waals surface area contributed by atoms with Crippen LogP contribution in [-0.2, 0) is 9.84 Å². The smallest absolute Gasteiger partial charge is 0.177 e. The number of thiophene rings is 1. The van der Waals surface area contributed by atoms with Gasteiger partial charge in [0, 0.05) is 19.0 Å². The molecule has 1 aliphatic heterocycles. The van der Waals surface area contributed by atoms with Gasteiger partial charge in [-0.15, -0.1) is 23.1 Å². The number of carbonyl (C=O) groups excluding carboxylic acids is 1. The molecule has 1 aromatic rings. The molecule has 0 aliphatic carbocycles. The Kier molecular flexibility index (Phi) is 4.89. The fourth-order valence-electron chi connectivity index (χ4n) is 2.18. The number of anilines is 2. The molecule has 0 atom stereocenters. The summed E-state index contributed by atoms with van der Waals surface area (Å²) in [5, 5.41) is 0.930. The lowest BCUT2D eigenvalue weighted by Crippen LogP contribution is -2.40. The molecule has 8 heteroatoms. The van der Waals surface area contributed by atoms with E-state index in [2.05, 4.69) is 0 Å². The topological polar surface area (TPSA) is 80.5 Å². The molecule has 2 heterocycles. The first kappa shape index (κ1) is 16.6. The molecule has 0 bridgehead atoms. The molecule has 2 N–H and O–H groups in total. The number of hydrogen-bond acceptors (Lipinski definition) is 7. The summed E-state index contributed by atoms with van der Waals surface area (Å²) in [5.41, 5.74) is 6.67. The maximum Gasteiger partial charge on any atom is 0.177 e. The van der Waals surface area contributed by atoms with Gasteiger partial charge < -0.3 is 10.6 Å². The molecule has 0 amide bonds. The van der Waals surface area contributed by atoms with E-state index in [0.29, 0.717) is 23.7 Å². The Morgan fingerprint density at radius 3 is 2.38 bits per heavy atom. The number of thioether (sulfide) groups is 1. The summed E-state index contributed by atoms with van der Waals surface area (Å²) in [6, 6.07) is 0. The lowest BCUT2D eigenvalue weighted by Gasteiger charge is -2.28. The first-order chi connectivity index (χ1) is 9.76. The lowest BCUT2D eigenvalue weighted by molar-refractivity contribution is 0.0944. The highest BCUT2D eigenvalue weighted by Crippen LogP contribution is 2.44. The third-order valence-electron chi connectivity index (χ3n) is 3.47. The van der Waals surface area contributed by atoms with Gasteiger partial charge >= 0.3 is 0 Å². The maximum absolute atomic E-state index is 12.2. The van der Waals surface area contributed by atoms with Crippen molar-refractivity contribution in [2.24, 2.45) is 5.92 Å². The van der Waals surface area contributed by atoms with Gasteiger partial charge in [-0.1, -0.05) is 13.8 Å². The number of hydrogen-bond donors (Lipinski definition) is 1. The zero-order valence-corrected chi connectivity index (χ0v) is 14.8. The minimum absolute atomic E-state index is 0.0451. The average molecular weight is 349 g/mol. The van der Waals surface area contributed by atoms with E-state index in [9.17, 15) is 13.2 Å². The first-order valence-corrected chi connectivity index (χ1v) is 10.6. The summed E-state index contributed by atoms with van der Waals surface area (Å²) < 4.78 is 23.1. The number of rotatable bonds is 4. The Hall–Kier alpha value is -0.730. The minimum atomic E-state index is -2.92. The standard InChI is InChI=1S/C13H20N2O3S3/c1-8(2)10(16)11-9(14)12(19-3)13(20-11)15-4-6-21(17,18)7-5-15/h8H,4-7,14H2,1-3H3. The SMILES string of the molecule is CSc1c(N2CCS(=O)(=O)CC2)sc(C(=O)C(C)C)c1N. The van der Waals surface area contributed by atoms with E-state index in [1.165, 1.54) is 23.1 Å². The van der Waals surface area contributed by atoms with Crippen LogP contribution < -0.4 is 10.6 Å². The number of Topliss-reactive ketones (excluding diaryl/α,β-unsaturated/α-hetero) is 1. The van der Waals surface area contributed by atoms with Crippen LogP contribution in [0.15, 0.2) is 4.90 Å². The molecule has 1 saturated heterocycles. The Labute approximate surface area is 133 Å². The van der Waals surface area contributed by atoms with Gasteiger partial charge in [0.25, 0.3) is 0 Å². The highest BCUT2D eigenvalue weighted by molar-refractivity contribution is 7.99. The molecule has 2 rings (SSSR count). The average Bonchev–Trinajstić information content (AvgIpc) is 2.74. The normalized spacial score (nSPS) is 18.2. The van der Waals surface area contributed by atoms with Crippen LogP contribution in [0.3, 0.4) is 0 Å². The van der Waals surface area contributed by atoms with E-state index in [4.69, 9.17) is 5.73 Å². The fraction of sp³-hybridized carbons (Fsp3) is 0.615. The summed E-state index contributed by atoms with van der Waals surface area (Å²) in [6.07, 6.45) is 1.92.